The van der Waals surface area contributed by atoms with Crippen LogP contribution in [0.2, 0.25) is 0 Å². The summed E-state index contributed by atoms with van der Waals surface area (Å²) >= 11 is 0. The Morgan fingerprint density at radius 2 is 1.68 bits per heavy atom. The number of hydrogen-bond acceptors (Lipinski definition) is 2. The average molecular weight is 456 g/mol. The quantitative estimate of drug-likeness (QED) is 0.417. The smallest absolute Gasteiger partial charge is 0.256 e. The molecular weight excluding hydrogens is 425 g/mol. The van der Waals surface area contributed by atoms with Gasteiger partial charge in [0.1, 0.15) is 5.82 Å². The van der Waals surface area contributed by atoms with Gasteiger partial charge in [-0.3, -0.25) is 4.79 Å². The van der Waals surface area contributed by atoms with Crippen LogP contribution in [0.25, 0.3) is 10.9 Å². The van der Waals surface area contributed by atoms with Crippen LogP contribution in [-0.4, -0.2) is 28.5 Å². The Hall–Kier alpha value is -3.44. The van der Waals surface area contributed by atoms with E-state index in [0.29, 0.717) is 19.6 Å². The molecular formula is C29H30FN3O. The molecule has 0 saturated carbocycles. The van der Waals surface area contributed by atoms with E-state index in [9.17, 15) is 9.18 Å². The second kappa shape index (κ2) is 9.82. The molecule has 1 amide bonds. The number of halogens is 1. The lowest BCUT2D eigenvalue weighted by atomic mass is 9.88. The normalized spacial score (nSPS) is 14.6. The molecule has 0 radical (unpaired) electrons. The van der Waals surface area contributed by atoms with E-state index in [1.165, 1.54) is 11.6 Å². The van der Waals surface area contributed by atoms with Crippen LogP contribution in [-0.2, 0) is 19.5 Å². The first-order chi connectivity index (χ1) is 16.6. The third-order valence-electron chi connectivity index (χ3n) is 7.02. The van der Waals surface area contributed by atoms with Crippen molar-refractivity contribution in [2.24, 2.45) is 5.73 Å². The molecule has 4 aromatic rings. The molecule has 5 heteroatoms. The lowest BCUT2D eigenvalue weighted by molar-refractivity contribution is 0.0714. The van der Waals surface area contributed by atoms with Crippen molar-refractivity contribution < 1.29 is 9.18 Å². The maximum atomic E-state index is 14.5. The van der Waals surface area contributed by atoms with Gasteiger partial charge < -0.3 is 15.2 Å². The molecule has 2 N–H and O–H groups in total. The van der Waals surface area contributed by atoms with Gasteiger partial charge in [0.2, 0.25) is 0 Å². The molecule has 0 atom stereocenters. The first kappa shape index (κ1) is 22.4. The van der Waals surface area contributed by atoms with E-state index in [0.717, 1.165) is 53.4 Å². The maximum absolute atomic E-state index is 14.5. The van der Waals surface area contributed by atoms with Crippen LogP contribution in [0.5, 0.6) is 0 Å². The molecule has 0 unspecified atom stereocenters. The number of hydrogen-bond donors (Lipinski definition) is 1. The van der Waals surface area contributed by atoms with Crippen LogP contribution < -0.4 is 5.73 Å². The Kier molecular flexibility index (Phi) is 6.45. The van der Waals surface area contributed by atoms with Crippen molar-refractivity contribution in [1.82, 2.24) is 9.47 Å². The number of carbonyl (C=O) groups excluding carboxylic acids is 1. The summed E-state index contributed by atoms with van der Waals surface area (Å²) in [6.45, 7) is 2.47. The molecule has 4 nitrogen and oxygen atoms in total. The number of aromatic nitrogens is 1. The molecule has 174 valence electrons. The molecule has 1 saturated heterocycles. The molecule has 5 rings (SSSR count). The minimum atomic E-state index is -0.177. The highest BCUT2D eigenvalue weighted by molar-refractivity contribution is 6.07. The van der Waals surface area contributed by atoms with Gasteiger partial charge in [-0.15, -0.1) is 0 Å². The summed E-state index contributed by atoms with van der Waals surface area (Å²) in [5.41, 5.74) is 10.5. The molecule has 1 aliphatic heterocycles. The topological polar surface area (TPSA) is 51.3 Å². The zero-order chi connectivity index (χ0) is 23.5. The van der Waals surface area contributed by atoms with E-state index in [1.807, 2.05) is 41.4 Å². The monoisotopic (exact) mass is 455 g/mol. The van der Waals surface area contributed by atoms with Crippen molar-refractivity contribution >= 4 is 16.8 Å². The molecule has 1 aliphatic rings. The number of para-hydroxylation sites is 1. The summed E-state index contributed by atoms with van der Waals surface area (Å²) in [5.74, 6) is -0.00415. The van der Waals surface area contributed by atoms with Gasteiger partial charge in [-0.05, 0) is 54.0 Å². The van der Waals surface area contributed by atoms with E-state index >= 15 is 0 Å². The first-order valence-electron chi connectivity index (χ1n) is 12.0. The number of likely N-dealkylation sites (tertiary alicyclic amines) is 1. The van der Waals surface area contributed by atoms with Crippen LogP contribution in [0.15, 0.2) is 79.0 Å². The molecule has 1 fully saturated rings. The number of nitrogens with two attached hydrogens (primary N) is 1. The zero-order valence-corrected chi connectivity index (χ0v) is 19.3. The van der Waals surface area contributed by atoms with Gasteiger partial charge in [0.05, 0.1) is 5.56 Å². The standard InChI is InChI=1S/C29H30FN3O/c30-27-11-10-22(19-31)18-25(27)23-13-16-32(17-14-23)29(34)26-20-33(28-9-5-4-8-24(26)28)15-12-21-6-2-1-3-7-21/h1-11,18,20,23H,12-17,19,31H2. The van der Waals surface area contributed by atoms with Crippen molar-refractivity contribution in [3.8, 4) is 0 Å². The summed E-state index contributed by atoms with van der Waals surface area (Å²) in [5, 5.41) is 0.990. The SMILES string of the molecule is NCc1ccc(F)c(C2CCN(C(=O)c3cn(CCc4ccccc4)c4ccccc34)CC2)c1. The van der Waals surface area contributed by atoms with Crippen molar-refractivity contribution in [3.05, 3.63) is 107 Å². The molecule has 0 aliphatic carbocycles. The predicted octanol–water partition coefficient (Wildman–Crippen LogP) is 5.50. The fourth-order valence-electron chi connectivity index (χ4n) is 5.09. The van der Waals surface area contributed by atoms with Crippen LogP contribution in [0, 0.1) is 5.82 Å². The van der Waals surface area contributed by atoms with E-state index in [-0.39, 0.29) is 17.6 Å². The van der Waals surface area contributed by atoms with E-state index in [1.54, 1.807) is 6.07 Å². The second-order valence-corrected chi connectivity index (χ2v) is 9.12. The summed E-state index contributed by atoms with van der Waals surface area (Å²) in [6.07, 6.45) is 4.42. The fraction of sp³-hybridized carbons (Fsp3) is 0.276. The Morgan fingerprint density at radius 1 is 0.941 bits per heavy atom. The largest absolute Gasteiger partial charge is 0.346 e. The highest BCUT2D eigenvalue weighted by atomic mass is 19.1. The van der Waals surface area contributed by atoms with Crippen LogP contribution >= 0.6 is 0 Å². The van der Waals surface area contributed by atoms with Crippen molar-refractivity contribution in [2.45, 2.75) is 38.3 Å². The minimum Gasteiger partial charge on any atom is -0.346 e. The molecule has 3 aromatic carbocycles. The number of amides is 1. The Morgan fingerprint density at radius 3 is 2.44 bits per heavy atom. The number of aryl methyl sites for hydroxylation is 2. The van der Waals surface area contributed by atoms with E-state index in [4.69, 9.17) is 5.73 Å². The lowest BCUT2D eigenvalue weighted by Crippen LogP contribution is -2.38. The molecule has 0 spiro atoms. The first-order valence-corrected chi connectivity index (χ1v) is 12.0. The molecule has 2 heterocycles. The number of nitrogens with zero attached hydrogens (tertiary/aromatic N) is 2. The number of piperidine rings is 1. The third kappa shape index (κ3) is 4.48. The third-order valence-corrected chi connectivity index (χ3v) is 7.02. The van der Waals surface area contributed by atoms with Crippen LogP contribution in [0.3, 0.4) is 0 Å². The summed E-state index contributed by atoms with van der Waals surface area (Å²) in [4.78, 5) is 15.5. The molecule has 34 heavy (non-hydrogen) atoms. The number of benzene rings is 3. The van der Waals surface area contributed by atoms with Gasteiger partial charge in [0.25, 0.3) is 5.91 Å². The van der Waals surface area contributed by atoms with Crippen molar-refractivity contribution in [2.75, 3.05) is 13.1 Å². The highest BCUT2D eigenvalue weighted by Crippen LogP contribution is 2.32. The van der Waals surface area contributed by atoms with Gasteiger partial charge >= 0.3 is 0 Å². The minimum absolute atomic E-state index is 0.0595. The molecule has 1 aromatic heterocycles. The lowest BCUT2D eigenvalue weighted by Gasteiger charge is -2.32. The number of carbonyl (C=O) groups is 1. The van der Waals surface area contributed by atoms with Gasteiger partial charge in [0, 0.05) is 43.3 Å². The van der Waals surface area contributed by atoms with Gasteiger partial charge in [-0.2, -0.15) is 0 Å². The van der Waals surface area contributed by atoms with Gasteiger partial charge in [-0.25, -0.2) is 4.39 Å². The van der Waals surface area contributed by atoms with Crippen molar-refractivity contribution in [1.29, 1.82) is 0 Å². The van der Waals surface area contributed by atoms with Gasteiger partial charge in [-0.1, -0.05) is 60.7 Å². The van der Waals surface area contributed by atoms with Gasteiger partial charge in [0.15, 0.2) is 0 Å². The Balaban J connectivity index is 1.32. The van der Waals surface area contributed by atoms with E-state index < -0.39 is 0 Å². The Bertz CT molecular complexity index is 1290. The van der Waals surface area contributed by atoms with Crippen LogP contribution in [0.1, 0.15) is 45.8 Å². The average Bonchev–Trinajstić information content (AvgIpc) is 3.27. The number of rotatable bonds is 6. The van der Waals surface area contributed by atoms with E-state index in [2.05, 4.69) is 34.9 Å². The molecule has 0 bridgehead atoms. The van der Waals surface area contributed by atoms with Crippen molar-refractivity contribution in [3.63, 3.8) is 0 Å². The summed E-state index contributed by atoms with van der Waals surface area (Å²) in [6, 6.07) is 23.7. The second-order valence-electron chi connectivity index (χ2n) is 9.12. The predicted molar refractivity (Wildman–Crippen MR) is 134 cm³/mol. The summed E-state index contributed by atoms with van der Waals surface area (Å²) < 4.78 is 16.6. The fourth-order valence-corrected chi connectivity index (χ4v) is 5.09. The Labute approximate surface area is 199 Å². The maximum Gasteiger partial charge on any atom is 0.256 e. The zero-order valence-electron chi connectivity index (χ0n) is 19.3. The highest BCUT2D eigenvalue weighted by Gasteiger charge is 2.28. The number of fused-ring (bicyclic) bond motifs is 1. The van der Waals surface area contributed by atoms with Crippen LogP contribution in [0.4, 0.5) is 4.39 Å². The summed E-state index contributed by atoms with van der Waals surface area (Å²) in [7, 11) is 0.